The quantitative estimate of drug-likeness (QED) is 0.368. The monoisotopic (exact) mass is 427 g/mol. The predicted octanol–water partition coefficient (Wildman–Crippen LogP) is 8.07. The molecule has 2 rings (SSSR count). The molecule has 0 aliphatic heterocycles. The van der Waals surface area contributed by atoms with E-state index in [4.69, 9.17) is 4.98 Å². The summed E-state index contributed by atoms with van der Waals surface area (Å²) in [5.74, 6) is 0.330. The van der Waals surface area contributed by atoms with Crippen LogP contribution in [0.5, 0.6) is 0 Å². The van der Waals surface area contributed by atoms with E-state index in [0.29, 0.717) is 0 Å². The van der Waals surface area contributed by atoms with Crippen LogP contribution < -0.4 is 0 Å². The lowest BCUT2D eigenvalue weighted by atomic mass is 9.80. The third kappa shape index (κ3) is 5.74. The maximum atomic E-state index is 14.6. The second-order valence-electron chi connectivity index (χ2n) is 9.42. The average Bonchev–Trinajstić information content (AvgIpc) is 2.73. The average molecular weight is 428 g/mol. The van der Waals surface area contributed by atoms with Crippen LogP contribution in [0.1, 0.15) is 120 Å². The van der Waals surface area contributed by atoms with Gasteiger partial charge >= 0.3 is 0 Å². The Balaban J connectivity index is 2.93. The van der Waals surface area contributed by atoms with Gasteiger partial charge in [0, 0.05) is 22.9 Å². The normalized spacial score (nSPS) is 13.8. The smallest absolute Gasteiger partial charge is 0.104 e. The third-order valence-corrected chi connectivity index (χ3v) is 6.37. The molecule has 172 valence electrons. The summed E-state index contributed by atoms with van der Waals surface area (Å²) in [4.78, 5) is 5.10. The van der Waals surface area contributed by atoms with Crippen LogP contribution in [0.2, 0.25) is 0 Å². The molecule has 1 heterocycles. The molecule has 0 bridgehead atoms. The zero-order valence-corrected chi connectivity index (χ0v) is 20.6. The van der Waals surface area contributed by atoms with Gasteiger partial charge in [-0.15, -0.1) is 0 Å². The van der Waals surface area contributed by atoms with Crippen molar-refractivity contribution >= 4 is 0 Å². The molecule has 2 unspecified atom stereocenters. The molecule has 1 aromatic heterocycles. The van der Waals surface area contributed by atoms with Crippen molar-refractivity contribution in [3.05, 3.63) is 52.3 Å². The first-order valence-corrected chi connectivity index (χ1v) is 12.2. The van der Waals surface area contributed by atoms with Crippen LogP contribution in [0.25, 0.3) is 11.1 Å². The summed E-state index contributed by atoms with van der Waals surface area (Å²) in [6, 6.07) is 8.23. The van der Waals surface area contributed by atoms with E-state index >= 15 is 0 Å². The van der Waals surface area contributed by atoms with E-state index < -0.39 is 6.17 Å². The summed E-state index contributed by atoms with van der Waals surface area (Å²) >= 11 is 0. The number of aliphatic hydroxyl groups excluding tert-OH is 1. The van der Waals surface area contributed by atoms with Gasteiger partial charge in [0.25, 0.3) is 0 Å². The lowest BCUT2D eigenvalue weighted by Crippen LogP contribution is -2.15. The number of hydrogen-bond donors (Lipinski definition) is 1. The zero-order chi connectivity index (χ0) is 23.1. The number of alkyl halides is 1. The molecule has 1 aromatic carbocycles. The highest BCUT2D eigenvalue weighted by atomic mass is 19.1. The van der Waals surface area contributed by atoms with Gasteiger partial charge in [0.1, 0.15) is 6.17 Å². The van der Waals surface area contributed by atoms with Crippen molar-refractivity contribution in [3.63, 3.8) is 0 Å². The summed E-state index contributed by atoms with van der Waals surface area (Å²) in [7, 11) is 0. The fourth-order valence-electron chi connectivity index (χ4n) is 4.79. The molecule has 0 amide bonds. The number of rotatable bonds is 11. The van der Waals surface area contributed by atoms with Crippen molar-refractivity contribution in [2.75, 3.05) is 0 Å². The van der Waals surface area contributed by atoms with Gasteiger partial charge in [-0.2, -0.15) is 0 Å². The summed E-state index contributed by atoms with van der Waals surface area (Å²) in [6.45, 7) is 14.5. The number of nitrogens with zero attached hydrogens (tertiary/aromatic N) is 1. The van der Waals surface area contributed by atoms with Crippen molar-refractivity contribution in [1.29, 1.82) is 0 Å². The fourth-order valence-corrected chi connectivity index (χ4v) is 4.79. The Labute approximate surface area is 189 Å². The minimum atomic E-state index is -0.928. The maximum absolute atomic E-state index is 14.6. The molecule has 0 fully saturated rings. The van der Waals surface area contributed by atoms with Gasteiger partial charge in [0.05, 0.1) is 6.61 Å². The van der Waals surface area contributed by atoms with E-state index in [2.05, 4.69) is 53.7 Å². The van der Waals surface area contributed by atoms with Crippen LogP contribution >= 0.6 is 0 Å². The number of hydrogen-bond acceptors (Lipinski definition) is 2. The summed E-state index contributed by atoms with van der Waals surface area (Å²) in [5.41, 5.74) is 7.48. The highest BCUT2D eigenvalue weighted by Gasteiger charge is 2.27. The van der Waals surface area contributed by atoms with Gasteiger partial charge in [-0.3, -0.25) is 4.98 Å². The second-order valence-corrected chi connectivity index (χ2v) is 9.42. The van der Waals surface area contributed by atoms with Crippen LogP contribution in [0, 0.1) is 0 Å². The number of pyridine rings is 1. The van der Waals surface area contributed by atoms with E-state index in [0.717, 1.165) is 65.7 Å². The topological polar surface area (TPSA) is 33.1 Å². The molecule has 0 radical (unpaired) electrons. The predicted molar refractivity (Wildman–Crippen MR) is 131 cm³/mol. The first-order chi connectivity index (χ1) is 14.8. The van der Waals surface area contributed by atoms with E-state index in [1.165, 1.54) is 5.56 Å². The van der Waals surface area contributed by atoms with Gasteiger partial charge in [-0.05, 0) is 60.3 Å². The zero-order valence-electron chi connectivity index (χ0n) is 20.6. The molecular formula is C28H42FNO. The van der Waals surface area contributed by atoms with Crippen molar-refractivity contribution in [1.82, 2.24) is 4.98 Å². The minimum absolute atomic E-state index is 0.0503. The molecule has 2 nitrogen and oxygen atoms in total. The Kier molecular flexibility index (Phi) is 9.68. The standard InChI is InChI=1S/C28H42FNO/c1-8-10-11-16-24-26(23-15-13-12-14-22(23)21(9-2)20(7)29)25(17-31)28(19(5)6)30-27(24)18(3)4/h12-15,18-21,31H,8-11,16-17H2,1-7H3. The SMILES string of the molecule is CCCCCc1c(C(C)C)nc(C(C)C)c(CO)c1-c1ccccc1C(CC)C(C)F. The summed E-state index contributed by atoms with van der Waals surface area (Å²) in [5, 5.41) is 10.5. The maximum Gasteiger partial charge on any atom is 0.104 e. The number of aliphatic hydroxyl groups is 1. The molecule has 0 saturated carbocycles. The molecule has 0 aliphatic rings. The van der Waals surface area contributed by atoms with Gasteiger partial charge < -0.3 is 5.11 Å². The van der Waals surface area contributed by atoms with Gasteiger partial charge in [0.15, 0.2) is 0 Å². The fraction of sp³-hybridized carbons (Fsp3) is 0.607. The van der Waals surface area contributed by atoms with Crippen molar-refractivity contribution in [3.8, 4) is 11.1 Å². The first kappa shape index (κ1) is 25.5. The Hall–Kier alpha value is -1.74. The highest BCUT2D eigenvalue weighted by Crippen LogP contribution is 2.42. The molecule has 0 aliphatic carbocycles. The van der Waals surface area contributed by atoms with Crippen molar-refractivity contribution in [2.24, 2.45) is 0 Å². The lowest BCUT2D eigenvalue weighted by molar-refractivity contribution is 0.279. The number of benzene rings is 1. The summed E-state index contributed by atoms with van der Waals surface area (Å²) < 4.78 is 14.6. The van der Waals surface area contributed by atoms with E-state index in [1.807, 2.05) is 12.1 Å². The van der Waals surface area contributed by atoms with Crippen LogP contribution in [-0.4, -0.2) is 16.3 Å². The summed E-state index contributed by atoms with van der Waals surface area (Å²) in [6.07, 6.45) is 4.17. The minimum Gasteiger partial charge on any atom is -0.392 e. The molecule has 1 N–H and O–H groups in total. The Bertz CT molecular complexity index is 841. The van der Waals surface area contributed by atoms with Gasteiger partial charge in [-0.1, -0.05) is 78.6 Å². The molecule has 0 saturated heterocycles. The van der Waals surface area contributed by atoms with Gasteiger partial charge in [0.2, 0.25) is 0 Å². The Morgan fingerprint density at radius 3 is 2.03 bits per heavy atom. The number of halogens is 1. The van der Waals surface area contributed by atoms with Crippen LogP contribution in [0.15, 0.2) is 24.3 Å². The highest BCUT2D eigenvalue weighted by molar-refractivity contribution is 5.76. The molecular weight excluding hydrogens is 385 g/mol. The molecule has 0 spiro atoms. The molecule has 3 heteroatoms. The van der Waals surface area contributed by atoms with Crippen LogP contribution in [-0.2, 0) is 13.0 Å². The molecule has 31 heavy (non-hydrogen) atoms. The number of aromatic nitrogens is 1. The van der Waals surface area contributed by atoms with Crippen molar-refractivity contribution in [2.45, 2.75) is 111 Å². The Morgan fingerprint density at radius 2 is 1.52 bits per heavy atom. The molecule has 2 aromatic rings. The largest absolute Gasteiger partial charge is 0.392 e. The number of unbranched alkanes of at least 4 members (excludes halogenated alkanes) is 2. The van der Waals surface area contributed by atoms with Crippen LogP contribution in [0.4, 0.5) is 4.39 Å². The first-order valence-electron chi connectivity index (χ1n) is 12.2. The van der Waals surface area contributed by atoms with Gasteiger partial charge in [-0.25, -0.2) is 4.39 Å². The van der Waals surface area contributed by atoms with E-state index in [-0.39, 0.29) is 24.4 Å². The third-order valence-electron chi connectivity index (χ3n) is 6.37. The van der Waals surface area contributed by atoms with Crippen LogP contribution in [0.3, 0.4) is 0 Å². The Morgan fingerprint density at radius 1 is 0.903 bits per heavy atom. The van der Waals surface area contributed by atoms with E-state index in [1.54, 1.807) is 6.92 Å². The second kappa shape index (κ2) is 11.8. The molecule has 2 atom stereocenters. The van der Waals surface area contributed by atoms with Crippen molar-refractivity contribution < 1.29 is 9.50 Å². The van der Waals surface area contributed by atoms with E-state index in [9.17, 15) is 9.50 Å². The lowest BCUT2D eigenvalue weighted by Gasteiger charge is -2.27.